The molecule has 0 saturated carbocycles. The summed E-state index contributed by atoms with van der Waals surface area (Å²) in [7, 11) is 1.66. The molecule has 5 heteroatoms. The lowest BCUT2D eigenvalue weighted by molar-refractivity contribution is 0.168. The summed E-state index contributed by atoms with van der Waals surface area (Å²) in [6.07, 6.45) is 2.07. The molecule has 138 valence electrons. The van der Waals surface area contributed by atoms with Gasteiger partial charge in [0.15, 0.2) is 0 Å². The topological polar surface area (TPSA) is 46.5 Å². The smallest absolute Gasteiger partial charge is 0.318 e. The molecule has 0 bridgehead atoms. The van der Waals surface area contributed by atoms with E-state index >= 15 is 0 Å². The number of methoxy groups -OCH3 is 1. The lowest BCUT2D eigenvalue weighted by atomic mass is 10.00. The van der Waals surface area contributed by atoms with Crippen LogP contribution in [-0.2, 0) is 13.1 Å². The van der Waals surface area contributed by atoms with Crippen LogP contribution < -0.4 is 10.1 Å². The summed E-state index contributed by atoms with van der Waals surface area (Å²) in [5.74, 6) is 0.810. The molecular weight excluding hydrogens is 338 g/mol. The number of benzene rings is 2. The van der Waals surface area contributed by atoms with E-state index in [1.165, 1.54) is 0 Å². The molecule has 1 aliphatic heterocycles. The van der Waals surface area contributed by atoms with Crippen LogP contribution in [0.4, 0.5) is 4.79 Å². The monoisotopic (exact) mass is 361 g/mol. The van der Waals surface area contributed by atoms with Gasteiger partial charge in [0.25, 0.3) is 0 Å². The maximum atomic E-state index is 13.0. The number of fused-ring (bicyclic) bond motifs is 1. The first kappa shape index (κ1) is 17.2. The molecule has 1 atom stereocenters. The van der Waals surface area contributed by atoms with E-state index in [0.29, 0.717) is 13.1 Å². The van der Waals surface area contributed by atoms with Crippen LogP contribution in [0.1, 0.15) is 22.9 Å². The summed E-state index contributed by atoms with van der Waals surface area (Å²) in [6.45, 7) is 1.99. The number of ether oxygens (including phenoxy) is 1. The Balaban J connectivity index is 1.59. The van der Waals surface area contributed by atoms with Gasteiger partial charge in [-0.05, 0) is 35.4 Å². The fourth-order valence-electron chi connectivity index (χ4n) is 3.61. The van der Waals surface area contributed by atoms with Crippen LogP contribution in [0, 0.1) is 0 Å². The SMILES string of the molecule is COc1ccc([C@H]2c3cccn3CCN2C(=O)NCc2ccccc2)cc1. The first-order chi connectivity index (χ1) is 13.3. The van der Waals surface area contributed by atoms with Crippen molar-refractivity contribution in [3.05, 3.63) is 89.7 Å². The van der Waals surface area contributed by atoms with Gasteiger partial charge in [0, 0.05) is 31.5 Å². The third kappa shape index (κ3) is 3.53. The average molecular weight is 361 g/mol. The first-order valence-corrected chi connectivity index (χ1v) is 9.13. The predicted octanol–water partition coefficient (Wildman–Crippen LogP) is 3.81. The van der Waals surface area contributed by atoms with Crippen LogP contribution in [0.3, 0.4) is 0 Å². The Labute approximate surface area is 159 Å². The molecule has 0 saturated heterocycles. The molecule has 27 heavy (non-hydrogen) atoms. The lowest BCUT2D eigenvalue weighted by Gasteiger charge is -2.37. The van der Waals surface area contributed by atoms with Gasteiger partial charge in [-0.3, -0.25) is 0 Å². The van der Waals surface area contributed by atoms with Gasteiger partial charge in [-0.15, -0.1) is 0 Å². The molecule has 4 rings (SSSR count). The number of hydrogen-bond acceptors (Lipinski definition) is 2. The molecule has 5 nitrogen and oxygen atoms in total. The molecule has 1 aromatic heterocycles. The maximum Gasteiger partial charge on any atom is 0.318 e. The van der Waals surface area contributed by atoms with E-state index in [1.807, 2.05) is 65.6 Å². The van der Waals surface area contributed by atoms with Crippen LogP contribution in [0.15, 0.2) is 72.9 Å². The Kier molecular flexibility index (Phi) is 4.83. The largest absolute Gasteiger partial charge is 0.497 e. The van der Waals surface area contributed by atoms with Crippen LogP contribution in [0.2, 0.25) is 0 Å². The van der Waals surface area contributed by atoms with Crippen LogP contribution in [-0.4, -0.2) is 29.2 Å². The van der Waals surface area contributed by atoms with Gasteiger partial charge >= 0.3 is 6.03 Å². The molecule has 2 aromatic carbocycles. The van der Waals surface area contributed by atoms with E-state index in [0.717, 1.165) is 29.1 Å². The zero-order chi connectivity index (χ0) is 18.6. The fourth-order valence-corrected chi connectivity index (χ4v) is 3.61. The normalized spacial score (nSPS) is 15.9. The summed E-state index contributed by atoms with van der Waals surface area (Å²) < 4.78 is 7.49. The number of carbonyl (C=O) groups is 1. The minimum atomic E-state index is -0.115. The Morgan fingerprint density at radius 1 is 1.04 bits per heavy atom. The maximum absolute atomic E-state index is 13.0. The summed E-state index contributed by atoms with van der Waals surface area (Å²) in [5, 5.41) is 3.07. The van der Waals surface area contributed by atoms with E-state index in [-0.39, 0.29) is 12.1 Å². The van der Waals surface area contributed by atoms with E-state index in [1.54, 1.807) is 7.11 Å². The Morgan fingerprint density at radius 2 is 1.81 bits per heavy atom. The number of nitrogens with zero attached hydrogens (tertiary/aromatic N) is 2. The molecule has 0 fully saturated rings. The third-order valence-electron chi connectivity index (χ3n) is 5.02. The van der Waals surface area contributed by atoms with E-state index in [2.05, 4.69) is 22.1 Å². The van der Waals surface area contributed by atoms with Crippen molar-refractivity contribution in [2.24, 2.45) is 0 Å². The van der Waals surface area contributed by atoms with Crippen molar-refractivity contribution < 1.29 is 9.53 Å². The van der Waals surface area contributed by atoms with Crippen molar-refractivity contribution in [3.63, 3.8) is 0 Å². The molecule has 0 unspecified atom stereocenters. The van der Waals surface area contributed by atoms with Crippen molar-refractivity contribution in [2.45, 2.75) is 19.1 Å². The summed E-state index contributed by atoms with van der Waals surface area (Å²) in [5.41, 5.74) is 3.29. The highest BCUT2D eigenvalue weighted by Crippen LogP contribution is 2.33. The minimum Gasteiger partial charge on any atom is -0.497 e. The molecule has 3 aromatic rings. The second-order valence-electron chi connectivity index (χ2n) is 6.64. The summed E-state index contributed by atoms with van der Waals surface area (Å²) in [6, 6.07) is 21.9. The van der Waals surface area contributed by atoms with E-state index in [4.69, 9.17) is 4.74 Å². The van der Waals surface area contributed by atoms with Crippen molar-refractivity contribution >= 4 is 6.03 Å². The number of hydrogen-bond donors (Lipinski definition) is 1. The summed E-state index contributed by atoms with van der Waals surface area (Å²) in [4.78, 5) is 14.9. The Hall–Kier alpha value is -3.21. The number of nitrogens with one attached hydrogen (secondary N) is 1. The van der Waals surface area contributed by atoms with Crippen molar-refractivity contribution in [1.29, 1.82) is 0 Å². The Morgan fingerprint density at radius 3 is 2.56 bits per heavy atom. The first-order valence-electron chi connectivity index (χ1n) is 9.13. The third-order valence-corrected chi connectivity index (χ3v) is 5.02. The fraction of sp³-hybridized carbons (Fsp3) is 0.227. The average Bonchev–Trinajstić information content (AvgIpc) is 3.21. The molecule has 0 aliphatic carbocycles. The number of urea groups is 1. The summed E-state index contributed by atoms with van der Waals surface area (Å²) >= 11 is 0. The van der Waals surface area contributed by atoms with Crippen molar-refractivity contribution in [2.75, 3.05) is 13.7 Å². The lowest BCUT2D eigenvalue weighted by Crippen LogP contribution is -2.47. The van der Waals surface area contributed by atoms with Gasteiger partial charge in [-0.1, -0.05) is 42.5 Å². The van der Waals surface area contributed by atoms with Crippen LogP contribution in [0.5, 0.6) is 5.75 Å². The predicted molar refractivity (Wildman–Crippen MR) is 105 cm³/mol. The Bertz CT molecular complexity index is 903. The molecule has 0 spiro atoms. The van der Waals surface area contributed by atoms with E-state index < -0.39 is 0 Å². The highest BCUT2D eigenvalue weighted by Gasteiger charge is 2.32. The molecule has 1 N–H and O–H groups in total. The zero-order valence-corrected chi connectivity index (χ0v) is 15.3. The number of carbonyl (C=O) groups excluding carboxylic acids is 1. The van der Waals surface area contributed by atoms with Gasteiger partial charge in [0.1, 0.15) is 5.75 Å². The highest BCUT2D eigenvalue weighted by atomic mass is 16.5. The van der Waals surface area contributed by atoms with Gasteiger partial charge in [-0.2, -0.15) is 0 Å². The second-order valence-corrected chi connectivity index (χ2v) is 6.64. The molecule has 0 radical (unpaired) electrons. The minimum absolute atomic E-state index is 0.0490. The second kappa shape index (κ2) is 7.58. The van der Waals surface area contributed by atoms with Crippen molar-refractivity contribution in [3.8, 4) is 5.75 Å². The highest BCUT2D eigenvalue weighted by molar-refractivity contribution is 5.75. The van der Waals surface area contributed by atoms with E-state index in [9.17, 15) is 4.79 Å². The number of aromatic nitrogens is 1. The van der Waals surface area contributed by atoms with Gasteiger partial charge < -0.3 is 19.5 Å². The van der Waals surface area contributed by atoms with Gasteiger partial charge in [0.05, 0.1) is 13.2 Å². The number of amides is 2. The molecule has 2 amide bonds. The van der Waals surface area contributed by atoms with Crippen molar-refractivity contribution in [1.82, 2.24) is 14.8 Å². The molecular formula is C22H23N3O2. The van der Waals surface area contributed by atoms with Crippen LogP contribution >= 0.6 is 0 Å². The number of rotatable bonds is 4. The molecule has 2 heterocycles. The van der Waals surface area contributed by atoms with Crippen LogP contribution in [0.25, 0.3) is 0 Å². The van der Waals surface area contributed by atoms with Gasteiger partial charge in [-0.25, -0.2) is 4.79 Å². The quantitative estimate of drug-likeness (QED) is 0.768. The zero-order valence-electron chi connectivity index (χ0n) is 15.3. The standard InChI is InChI=1S/C22H23N3O2/c1-27-19-11-9-18(10-12-19)21-20-8-5-13-24(20)14-15-25(21)22(26)23-16-17-6-3-2-4-7-17/h2-13,21H,14-16H2,1H3,(H,23,26)/t21-/m0/s1. The van der Waals surface area contributed by atoms with Gasteiger partial charge in [0.2, 0.25) is 0 Å². The molecule has 1 aliphatic rings.